The third-order valence-corrected chi connectivity index (χ3v) is 4.56. The zero-order valence-corrected chi connectivity index (χ0v) is 16.1. The summed E-state index contributed by atoms with van der Waals surface area (Å²) in [7, 11) is 0. The summed E-state index contributed by atoms with van der Waals surface area (Å²) in [6.07, 6.45) is 2.87. The lowest BCUT2D eigenvalue weighted by Gasteiger charge is -2.18. The normalized spacial score (nSPS) is 11.8. The highest BCUT2D eigenvalue weighted by atomic mass is 19.1. The summed E-state index contributed by atoms with van der Waals surface area (Å²) >= 11 is 0. The molecule has 146 valence electrons. The van der Waals surface area contributed by atoms with E-state index in [4.69, 9.17) is 0 Å². The minimum absolute atomic E-state index is 0.146. The van der Waals surface area contributed by atoms with Gasteiger partial charge in [0.2, 0.25) is 5.43 Å². The second-order valence-corrected chi connectivity index (χ2v) is 7.85. The van der Waals surface area contributed by atoms with E-state index in [1.54, 1.807) is 46.0 Å². The van der Waals surface area contributed by atoms with Crippen LogP contribution in [0.2, 0.25) is 0 Å². The molecule has 1 N–H and O–H groups in total. The van der Waals surface area contributed by atoms with E-state index in [-0.39, 0.29) is 23.4 Å². The summed E-state index contributed by atoms with van der Waals surface area (Å²) in [5.74, 6) is -1.56. The molecular weight excluding hydrogens is 363 g/mol. The SMILES string of the molecule is Cc1cn(Cc2ccc(F)cc2)c(=O)c2c(O)c(=O)c(C(=O)C(C)(C)C)cn12. The highest BCUT2D eigenvalue weighted by molar-refractivity contribution is 6.00. The predicted molar refractivity (Wildman–Crippen MR) is 104 cm³/mol. The minimum Gasteiger partial charge on any atom is -0.503 e. The second-order valence-electron chi connectivity index (χ2n) is 7.85. The molecule has 0 bridgehead atoms. The molecule has 2 aromatic heterocycles. The van der Waals surface area contributed by atoms with Gasteiger partial charge in [-0.25, -0.2) is 4.39 Å². The van der Waals surface area contributed by atoms with Gasteiger partial charge in [0, 0.05) is 23.5 Å². The summed E-state index contributed by atoms with van der Waals surface area (Å²) in [5.41, 5.74) is -1.39. The smallest absolute Gasteiger partial charge is 0.279 e. The molecule has 0 saturated heterocycles. The lowest BCUT2D eigenvalue weighted by Crippen LogP contribution is -2.30. The lowest BCUT2D eigenvalue weighted by molar-refractivity contribution is 0.0856. The highest BCUT2D eigenvalue weighted by Crippen LogP contribution is 2.22. The third kappa shape index (κ3) is 3.35. The monoisotopic (exact) mass is 384 g/mol. The fraction of sp³-hybridized carbons (Fsp3) is 0.286. The standard InChI is InChI=1S/C21H21FN2O4/c1-12-9-23(10-13-5-7-14(22)8-6-13)20(28)16-18(26)17(25)15(11-24(12)16)19(27)21(2,3)4/h5-9,11,26H,10H2,1-4H3. The molecule has 0 atom stereocenters. The molecule has 7 heteroatoms. The fourth-order valence-electron chi connectivity index (χ4n) is 3.04. The maximum Gasteiger partial charge on any atom is 0.279 e. The van der Waals surface area contributed by atoms with Crippen LogP contribution in [0, 0.1) is 18.2 Å². The van der Waals surface area contributed by atoms with E-state index in [0.29, 0.717) is 11.3 Å². The summed E-state index contributed by atoms with van der Waals surface area (Å²) in [4.78, 5) is 38.0. The van der Waals surface area contributed by atoms with Crippen molar-refractivity contribution in [2.75, 3.05) is 0 Å². The number of hydrogen-bond donors (Lipinski definition) is 1. The van der Waals surface area contributed by atoms with Crippen LogP contribution in [-0.4, -0.2) is 19.9 Å². The Morgan fingerprint density at radius 1 is 1.11 bits per heavy atom. The molecule has 0 radical (unpaired) electrons. The van der Waals surface area contributed by atoms with Crippen LogP contribution in [0.3, 0.4) is 0 Å². The van der Waals surface area contributed by atoms with Crippen LogP contribution in [0.25, 0.3) is 5.52 Å². The minimum atomic E-state index is -0.865. The van der Waals surface area contributed by atoms with Gasteiger partial charge < -0.3 is 14.1 Å². The van der Waals surface area contributed by atoms with Crippen molar-refractivity contribution in [1.82, 2.24) is 8.97 Å². The van der Waals surface area contributed by atoms with Gasteiger partial charge in [-0.2, -0.15) is 0 Å². The van der Waals surface area contributed by atoms with E-state index < -0.39 is 27.9 Å². The van der Waals surface area contributed by atoms with E-state index in [9.17, 15) is 23.9 Å². The topological polar surface area (TPSA) is 80.8 Å². The van der Waals surface area contributed by atoms with E-state index in [0.717, 1.165) is 0 Å². The maximum absolute atomic E-state index is 13.1. The Morgan fingerprint density at radius 3 is 2.29 bits per heavy atom. The molecule has 0 spiro atoms. The second kappa shape index (κ2) is 6.74. The Hall–Kier alpha value is -3.22. The van der Waals surface area contributed by atoms with E-state index in [1.807, 2.05) is 0 Å². The number of carbonyl (C=O) groups is 1. The molecule has 0 saturated carbocycles. The number of hydrogen-bond acceptors (Lipinski definition) is 4. The largest absolute Gasteiger partial charge is 0.503 e. The van der Waals surface area contributed by atoms with Gasteiger partial charge in [-0.15, -0.1) is 0 Å². The number of aryl methyl sites for hydroxylation is 1. The van der Waals surface area contributed by atoms with Crippen LogP contribution >= 0.6 is 0 Å². The fourth-order valence-corrected chi connectivity index (χ4v) is 3.04. The molecular formula is C21H21FN2O4. The number of nitrogens with zero attached hydrogens (tertiary/aromatic N) is 2. The van der Waals surface area contributed by atoms with E-state index in [1.165, 1.54) is 27.3 Å². The summed E-state index contributed by atoms with van der Waals surface area (Å²) in [6.45, 7) is 6.87. The Bertz CT molecular complexity index is 1200. The third-order valence-electron chi connectivity index (χ3n) is 4.56. The Kier molecular flexibility index (Phi) is 4.71. The number of carbonyl (C=O) groups excluding carboxylic acids is 1. The highest BCUT2D eigenvalue weighted by Gasteiger charge is 2.28. The van der Waals surface area contributed by atoms with Crippen LogP contribution in [0.15, 0.2) is 46.2 Å². The van der Waals surface area contributed by atoms with Crippen LogP contribution in [0.5, 0.6) is 5.75 Å². The number of rotatable bonds is 3. The Balaban J connectivity index is 2.23. The average Bonchev–Trinajstić information content (AvgIpc) is 2.62. The molecule has 6 nitrogen and oxygen atoms in total. The number of aromatic hydroxyl groups is 1. The van der Waals surface area contributed by atoms with Gasteiger partial charge in [0.15, 0.2) is 17.0 Å². The summed E-state index contributed by atoms with van der Waals surface area (Å²) in [5, 5.41) is 10.4. The first-order valence-electron chi connectivity index (χ1n) is 8.78. The number of fused-ring (bicyclic) bond motifs is 1. The molecule has 1 aromatic carbocycles. The maximum atomic E-state index is 13.1. The first kappa shape index (κ1) is 19.5. The van der Waals surface area contributed by atoms with Crippen molar-refractivity contribution in [3.05, 3.63) is 79.9 Å². The van der Waals surface area contributed by atoms with Crippen LogP contribution in [0.1, 0.15) is 42.4 Å². The zero-order chi connectivity index (χ0) is 20.8. The zero-order valence-electron chi connectivity index (χ0n) is 16.1. The first-order valence-corrected chi connectivity index (χ1v) is 8.78. The van der Waals surface area contributed by atoms with Crippen molar-refractivity contribution < 1.29 is 14.3 Å². The molecule has 3 aromatic rings. The number of halogens is 1. The number of Topliss-reactive ketones (excluding diaryl/α,β-unsaturated/α-hetero) is 1. The molecule has 0 fully saturated rings. The van der Waals surface area contributed by atoms with Crippen molar-refractivity contribution in [3.8, 4) is 5.75 Å². The molecule has 0 amide bonds. The average molecular weight is 384 g/mol. The lowest BCUT2D eigenvalue weighted by atomic mass is 9.87. The van der Waals surface area contributed by atoms with Crippen LogP contribution < -0.4 is 11.0 Å². The van der Waals surface area contributed by atoms with Gasteiger partial charge in [0.25, 0.3) is 5.56 Å². The van der Waals surface area contributed by atoms with Crippen molar-refractivity contribution in [2.45, 2.75) is 34.2 Å². The summed E-state index contributed by atoms with van der Waals surface area (Å²) in [6, 6.07) is 5.69. The van der Waals surface area contributed by atoms with Gasteiger partial charge in [-0.05, 0) is 24.6 Å². The van der Waals surface area contributed by atoms with Crippen LogP contribution in [0.4, 0.5) is 4.39 Å². The molecule has 28 heavy (non-hydrogen) atoms. The van der Waals surface area contributed by atoms with Crippen LogP contribution in [-0.2, 0) is 6.54 Å². The van der Waals surface area contributed by atoms with E-state index in [2.05, 4.69) is 0 Å². The molecule has 0 aliphatic heterocycles. The van der Waals surface area contributed by atoms with Gasteiger partial charge in [0.1, 0.15) is 5.82 Å². The number of ketones is 1. The van der Waals surface area contributed by atoms with Gasteiger partial charge in [-0.1, -0.05) is 32.9 Å². The first-order chi connectivity index (χ1) is 13.0. The van der Waals surface area contributed by atoms with Crippen molar-refractivity contribution in [3.63, 3.8) is 0 Å². The predicted octanol–water partition coefficient (Wildman–Crippen LogP) is 2.89. The molecule has 0 aliphatic carbocycles. The van der Waals surface area contributed by atoms with E-state index >= 15 is 0 Å². The molecule has 0 unspecified atom stereocenters. The number of benzene rings is 1. The van der Waals surface area contributed by atoms with Crippen molar-refractivity contribution >= 4 is 11.3 Å². The van der Waals surface area contributed by atoms with Gasteiger partial charge in [0.05, 0.1) is 12.1 Å². The Morgan fingerprint density at radius 2 is 1.71 bits per heavy atom. The summed E-state index contributed by atoms with van der Waals surface area (Å²) < 4.78 is 15.8. The number of pyridine rings is 1. The number of aromatic nitrogens is 2. The van der Waals surface area contributed by atoms with Crippen molar-refractivity contribution in [2.24, 2.45) is 5.41 Å². The van der Waals surface area contributed by atoms with Crippen molar-refractivity contribution in [1.29, 1.82) is 0 Å². The molecule has 0 aliphatic rings. The van der Waals surface area contributed by atoms with Gasteiger partial charge >= 0.3 is 0 Å². The molecule has 2 heterocycles. The quantitative estimate of drug-likeness (QED) is 0.704. The Labute approximate surface area is 160 Å². The molecule has 3 rings (SSSR count). The van der Waals surface area contributed by atoms with Gasteiger partial charge in [-0.3, -0.25) is 14.4 Å².